The van der Waals surface area contributed by atoms with Crippen molar-refractivity contribution in [3.8, 4) is 0 Å². The lowest BCUT2D eigenvalue weighted by atomic mass is 9.95. The predicted octanol–water partition coefficient (Wildman–Crippen LogP) is 3.71. The number of nitrogens with zero attached hydrogens (tertiary/aromatic N) is 2. The molecule has 1 fully saturated rings. The fourth-order valence-electron chi connectivity index (χ4n) is 2.50. The van der Waals surface area contributed by atoms with Gasteiger partial charge in [0.25, 0.3) is 0 Å². The Balaban J connectivity index is 2.16. The topological polar surface area (TPSA) is 49.7 Å². The molecular formula is C14H18N2O2. The van der Waals surface area contributed by atoms with Gasteiger partial charge in [0, 0.05) is 5.56 Å². The first-order chi connectivity index (χ1) is 8.72. The van der Waals surface area contributed by atoms with Crippen LogP contribution < -0.4 is 5.01 Å². The van der Waals surface area contributed by atoms with Gasteiger partial charge in [0.05, 0.1) is 17.0 Å². The molecule has 1 saturated carbocycles. The Labute approximate surface area is 107 Å². The molecule has 0 spiro atoms. The maximum atomic E-state index is 11.2. The molecule has 1 aliphatic carbocycles. The second-order valence-corrected chi connectivity index (χ2v) is 4.82. The number of ketones is 1. The number of benzene rings is 1. The van der Waals surface area contributed by atoms with Crippen molar-refractivity contribution in [2.24, 2.45) is 5.29 Å². The number of carbonyl (C=O) groups is 1. The SMILES string of the molecule is CC(=O)c1ccc(N(N=O)C2CCCCC2)cc1. The molecule has 1 aromatic carbocycles. The smallest absolute Gasteiger partial charge is 0.159 e. The maximum absolute atomic E-state index is 11.2. The standard InChI is InChI=1S/C14H18N2O2/c1-11(17)12-7-9-14(10-8-12)16(15-18)13-5-3-2-4-6-13/h7-10,13H,2-6H2,1H3. The van der Waals surface area contributed by atoms with Gasteiger partial charge in [-0.15, -0.1) is 4.91 Å². The van der Waals surface area contributed by atoms with Crippen molar-refractivity contribution in [3.63, 3.8) is 0 Å². The molecule has 0 saturated heterocycles. The molecule has 0 aliphatic heterocycles. The van der Waals surface area contributed by atoms with Crippen molar-refractivity contribution >= 4 is 11.5 Å². The highest BCUT2D eigenvalue weighted by atomic mass is 16.3. The van der Waals surface area contributed by atoms with Gasteiger partial charge in [-0.05, 0) is 44.0 Å². The van der Waals surface area contributed by atoms with E-state index in [1.807, 2.05) is 0 Å². The molecular weight excluding hydrogens is 228 g/mol. The average molecular weight is 246 g/mol. The average Bonchev–Trinajstić information content (AvgIpc) is 2.41. The number of carbonyl (C=O) groups excluding carboxylic acids is 1. The summed E-state index contributed by atoms with van der Waals surface area (Å²) in [5.74, 6) is 0.0322. The molecule has 0 N–H and O–H groups in total. The second kappa shape index (κ2) is 5.76. The summed E-state index contributed by atoms with van der Waals surface area (Å²) in [5, 5.41) is 4.71. The van der Waals surface area contributed by atoms with Crippen LogP contribution in [0.1, 0.15) is 49.4 Å². The van der Waals surface area contributed by atoms with Crippen LogP contribution in [0.5, 0.6) is 0 Å². The van der Waals surface area contributed by atoms with Crippen molar-refractivity contribution in [1.82, 2.24) is 0 Å². The van der Waals surface area contributed by atoms with E-state index in [1.54, 1.807) is 29.3 Å². The summed E-state index contributed by atoms with van der Waals surface area (Å²) in [7, 11) is 0. The lowest BCUT2D eigenvalue weighted by Gasteiger charge is -2.29. The molecule has 0 unspecified atom stereocenters. The second-order valence-electron chi connectivity index (χ2n) is 4.82. The van der Waals surface area contributed by atoms with Gasteiger partial charge in [-0.25, -0.2) is 5.01 Å². The lowest BCUT2D eigenvalue weighted by molar-refractivity contribution is 0.101. The van der Waals surface area contributed by atoms with Gasteiger partial charge in [-0.2, -0.15) is 0 Å². The number of Topliss-reactive ketones (excluding diaryl/α,β-unsaturated/α-hetero) is 1. The van der Waals surface area contributed by atoms with Gasteiger partial charge in [0.1, 0.15) is 0 Å². The van der Waals surface area contributed by atoms with Gasteiger partial charge in [-0.3, -0.25) is 4.79 Å². The Morgan fingerprint density at radius 3 is 2.28 bits per heavy atom. The third-order valence-corrected chi connectivity index (χ3v) is 3.55. The molecule has 2 rings (SSSR count). The molecule has 96 valence electrons. The van der Waals surface area contributed by atoms with Crippen molar-refractivity contribution in [1.29, 1.82) is 0 Å². The minimum atomic E-state index is 0.0322. The first-order valence-corrected chi connectivity index (χ1v) is 6.46. The van der Waals surface area contributed by atoms with Crippen LogP contribution in [0.15, 0.2) is 29.6 Å². The van der Waals surface area contributed by atoms with E-state index in [9.17, 15) is 9.70 Å². The molecule has 1 aromatic rings. The minimum Gasteiger partial charge on any atom is -0.295 e. The molecule has 0 atom stereocenters. The van der Waals surface area contributed by atoms with Crippen LogP contribution in [-0.4, -0.2) is 11.8 Å². The Bertz CT molecular complexity index is 422. The third kappa shape index (κ3) is 2.75. The molecule has 0 aromatic heterocycles. The summed E-state index contributed by atoms with van der Waals surface area (Å²) in [4.78, 5) is 22.2. The Kier molecular flexibility index (Phi) is 4.07. The first kappa shape index (κ1) is 12.7. The normalized spacial score (nSPS) is 16.3. The molecule has 0 heterocycles. The van der Waals surface area contributed by atoms with Gasteiger partial charge >= 0.3 is 0 Å². The molecule has 1 aliphatic rings. The van der Waals surface area contributed by atoms with Crippen LogP contribution in [-0.2, 0) is 0 Å². The Morgan fingerprint density at radius 1 is 1.17 bits per heavy atom. The van der Waals surface area contributed by atoms with Gasteiger partial charge < -0.3 is 0 Å². The molecule has 0 bridgehead atoms. The van der Waals surface area contributed by atoms with E-state index in [2.05, 4.69) is 5.29 Å². The van der Waals surface area contributed by atoms with E-state index in [1.165, 1.54) is 13.3 Å². The number of nitroso groups, excluding NO2 is 1. The summed E-state index contributed by atoms with van der Waals surface area (Å²) < 4.78 is 0. The van der Waals surface area contributed by atoms with E-state index in [0.29, 0.717) is 5.56 Å². The van der Waals surface area contributed by atoms with Crippen LogP contribution in [0.2, 0.25) is 0 Å². The summed E-state index contributed by atoms with van der Waals surface area (Å²) in [5.41, 5.74) is 1.44. The van der Waals surface area contributed by atoms with Crippen molar-refractivity contribution in [2.75, 3.05) is 5.01 Å². The van der Waals surface area contributed by atoms with E-state index >= 15 is 0 Å². The molecule has 0 amide bonds. The third-order valence-electron chi connectivity index (χ3n) is 3.55. The zero-order chi connectivity index (χ0) is 13.0. The number of hydrogen-bond acceptors (Lipinski definition) is 3. The fraction of sp³-hybridized carbons (Fsp3) is 0.500. The monoisotopic (exact) mass is 246 g/mol. The molecule has 0 radical (unpaired) electrons. The summed E-state index contributed by atoms with van der Waals surface area (Å²) in [6, 6.07) is 7.30. The van der Waals surface area contributed by atoms with E-state index < -0.39 is 0 Å². The lowest BCUT2D eigenvalue weighted by Crippen LogP contribution is -2.32. The highest BCUT2D eigenvalue weighted by Gasteiger charge is 2.22. The summed E-state index contributed by atoms with van der Waals surface area (Å²) in [6.07, 6.45) is 5.58. The van der Waals surface area contributed by atoms with E-state index in [-0.39, 0.29) is 11.8 Å². The number of anilines is 1. The Hall–Kier alpha value is -1.71. The quantitative estimate of drug-likeness (QED) is 0.462. The molecule has 4 heteroatoms. The van der Waals surface area contributed by atoms with E-state index in [0.717, 1.165) is 31.4 Å². The van der Waals surface area contributed by atoms with Crippen LogP contribution in [0.4, 0.5) is 5.69 Å². The summed E-state index contributed by atoms with van der Waals surface area (Å²) >= 11 is 0. The van der Waals surface area contributed by atoms with Crippen LogP contribution >= 0.6 is 0 Å². The zero-order valence-electron chi connectivity index (χ0n) is 10.6. The van der Waals surface area contributed by atoms with Crippen molar-refractivity contribution in [3.05, 3.63) is 34.7 Å². The number of hydrogen-bond donors (Lipinski definition) is 0. The largest absolute Gasteiger partial charge is 0.295 e. The zero-order valence-corrected chi connectivity index (χ0v) is 10.6. The van der Waals surface area contributed by atoms with Gasteiger partial charge in [0.15, 0.2) is 5.78 Å². The Morgan fingerprint density at radius 2 is 1.78 bits per heavy atom. The highest BCUT2D eigenvalue weighted by Crippen LogP contribution is 2.27. The summed E-state index contributed by atoms with van der Waals surface area (Å²) in [6.45, 7) is 1.53. The number of rotatable bonds is 4. The molecule has 18 heavy (non-hydrogen) atoms. The minimum absolute atomic E-state index is 0.0322. The van der Waals surface area contributed by atoms with Gasteiger partial charge in [0.2, 0.25) is 0 Å². The van der Waals surface area contributed by atoms with Crippen LogP contribution in [0.25, 0.3) is 0 Å². The van der Waals surface area contributed by atoms with Gasteiger partial charge in [-0.1, -0.05) is 19.3 Å². The van der Waals surface area contributed by atoms with Crippen molar-refractivity contribution < 1.29 is 4.79 Å². The van der Waals surface area contributed by atoms with E-state index in [4.69, 9.17) is 0 Å². The van der Waals surface area contributed by atoms with Crippen LogP contribution in [0, 0.1) is 4.91 Å². The van der Waals surface area contributed by atoms with Crippen LogP contribution in [0.3, 0.4) is 0 Å². The van der Waals surface area contributed by atoms with Crippen molar-refractivity contribution in [2.45, 2.75) is 45.1 Å². The fourth-order valence-corrected chi connectivity index (χ4v) is 2.50. The highest BCUT2D eigenvalue weighted by molar-refractivity contribution is 5.94. The predicted molar refractivity (Wildman–Crippen MR) is 71.6 cm³/mol. The molecule has 4 nitrogen and oxygen atoms in total. The first-order valence-electron chi connectivity index (χ1n) is 6.46. The maximum Gasteiger partial charge on any atom is 0.159 e.